The van der Waals surface area contributed by atoms with Crippen LogP contribution in [-0.4, -0.2) is 72.3 Å². The van der Waals surface area contributed by atoms with E-state index in [-0.39, 0.29) is 30.7 Å². The third kappa shape index (κ3) is 4.20. The number of aromatic nitrogens is 1. The number of fused-ring (bicyclic) bond motifs is 3. The van der Waals surface area contributed by atoms with Gasteiger partial charge in [-0.3, -0.25) is 14.4 Å². The predicted octanol–water partition coefficient (Wildman–Crippen LogP) is 3.87. The van der Waals surface area contributed by atoms with Crippen LogP contribution in [0.2, 0.25) is 0 Å². The number of rotatable bonds is 6. The van der Waals surface area contributed by atoms with E-state index in [2.05, 4.69) is 11.1 Å². The van der Waals surface area contributed by atoms with Gasteiger partial charge in [0.2, 0.25) is 5.91 Å². The topological polar surface area (TPSA) is 110 Å². The maximum atomic E-state index is 14.2. The van der Waals surface area contributed by atoms with Crippen LogP contribution < -0.4 is 9.64 Å². The number of hydrogen-bond acceptors (Lipinski definition) is 5. The third-order valence-corrected chi connectivity index (χ3v) is 8.03. The number of nitrogens with one attached hydrogen (secondary N) is 1. The van der Waals surface area contributed by atoms with Crippen molar-refractivity contribution < 1.29 is 19.1 Å². The number of hydrogen-bond donors (Lipinski definition) is 1. The van der Waals surface area contributed by atoms with Gasteiger partial charge < -0.3 is 24.4 Å². The van der Waals surface area contributed by atoms with Crippen LogP contribution in [0.1, 0.15) is 36.3 Å². The molecule has 3 heterocycles. The Balaban J connectivity index is 1.49. The molecular formula is C31H33N5O4. The molecule has 2 aliphatic heterocycles. The van der Waals surface area contributed by atoms with Crippen LogP contribution in [0.15, 0.2) is 60.7 Å². The Morgan fingerprint density at radius 1 is 1.20 bits per heavy atom. The Morgan fingerprint density at radius 3 is 2.65 bits per heavy atom. The number of amides is 3. The molecule has 9 nitrogen and oxygen atoms in total. The maximum Gasteiger partial charge on any atom is 0.270 e. The van der Waals surface area contributed by atoms with E-state index >= 15 is 0 Å². The average Bonchev–Trinajstić information content (AvgIpc) is 3.63. The lowest BCUT2D eigenvalue weighted by Crippen LogP contribution is -2.51. The van der Waals surface area contributed by atoms with E-state index in [1.54, 1.807) is 38.2 Å². The molecule has 0 saturated carbocycles. The number of nitrogens with zero attached hydrogens (tertiary/aromatic N) is 4. The van der Waals surface area contributed by atoms with Crippen LogP contribution >= 0.6 is 0 Å². The van der Waals surface area contributed by atoms with Crippen molar-refractivity contribution in [3.63, 3.8) is 0 Å². The molecule has 9 heteroatoms. The van der Waals surface area contributed by atoms with Crippen LogP contribution in [0.4, 0.5) is 5.69 Å². The number of benzene rings is 2. The first-order valence-electron chi connectivity index (χ1n) is 13.3. The summed E-state index contributed by atoms with van der Waals surface area (Å²) in [7, 11) is 4.87. The quantitative estimate of drug-likeness (QED) is 0.479. The molecule has 0 unspecified atom stereocenters. The minimum absolute atomic E-state index is 0.0713. The lowest BCUT2D eigenvalue weighted by atomic mass is 9.79. The summed E-state index contributed by atoms with van der Waals surface area (Å²) in [5.74, 6) is -0.146. The Kier molecular flexibility index (Phi) is 6.88. The number of anilines is 1. The SMILES string of the molecule is COc1cccc2[nH]c(C(=O)N(C)[C@@H](/C=C\C(C)C)C(=O)N3C[C@]4(C[C@H]3C#N)C(=O)N(C)c3ccccc34)cc12. The molecule has 0 radical (unpaired) electrons. The molecule has 1 saturated heterocycles. The van der Waals surface area contributed by atoms with Crippen LogP contribution in [-0.2, 0) is 15.0 Å². The Morgan fingerprint density at radius 2 is 1.95 bits per heavy atom. The smallest absolute Gasteiger partial charge is 0.270 e. The summed E-state index contributed by atoms with van der Waals surface area (Å²) in [6.07, 6.45) is 3.79. The molecule has 1 spiro atoms. The van der Waals surface area contributed by atoms with Gasteiger partial charge in [-0.05, 0) is 35.7 Å². The number of nitriles is 1. The zero-order valence-electron chi connectivity index (χ0n) is 23.3. The number of likely N-dealkylation sites (tertiary alicyclic amines) is 1. The fourth-order valence-corrected chi connectivity index (χ4v) is 5.93. The number of carbonyl (C=O) groups excluding carboxylic acids is 3. The lowest BCUT2D eigenvalue weighted by molar-refractivity contribution is -0.134. The Bertz CT molecular complexity index is 1570. The number of likely N-dealkylation sites (N-methyl/N-ethyl adjacent to an activating group) is 2. The highest BCUT2D eigenvalue weighted by Gasteiger charge is 2.58. The predicted molar refractivity (Wildman–Crippen MR) is 152 cm³/mol. The first kappa shape index (κ1) is 27.0. The van der Waals surface area contributed by atoms with Gasteiger partial charge in [-0.1, -0.05) is 50.3 Å². The monoisotopic (exact) mass is 539 g/mol. The van der Waals surface area contributed by atoms with Gasteiger partial charge in [0.05, 0.1) is 18.6 Å². The van der Waals surface area contributed by atoms with Crippen molar-refractivity contribution in [3.05, 3.63) is 71.9 Å². The number of aromatic amines is 1. The summed E-state index contributed by atoms with van der Waals surface area (Å²) in [4.78, 5) is 49.0. The lowest BCUT2D eigenvalue weighted by Gasteiger charge is -2.31. The summed E-state index contributed by atoms with van der Waals surface area (Å²) in [6.45, 7) is 4.04. The molecule has 1 fully saturated rings. The molecule has 1 N–H and O–H groups in total. The van der Waals surface area contributed by atoms with Gasteiger partial charge in [0, 0.05) is 43.7 Å². The molecule has 206 valence electrons. The van der Waals surface area contributed by atoms with Gasteiger partial charge in [-0.15, -0.1) is 0 Å². The summed E-state index contributed by atoms with van der Waals surface area (Å²) in [5.41, 5.74) is 1.67. The van der Waals surface area contributed by atoms with Gasteiger partial charge in [0.1, 0.15) is 23.5 Å². The van der Waals surface area contributed by atoms with Crippen LogP contribution in [0, 0.1) is 17.2 Å². The van der Waals surface area contributed by atoms with Gasteiger partial charge in [-0.2, -0.15) is 5.26 Å². The van der Waals surface area contributed by atoms with Gasteiger partial charge >= 0.3 is 0 Å². The number of carbonyl (C=O) groups is 3. The van der Waals surface area contributed by atoms with E-state index in [1.165, 1.54) is 9.80 Å². The molecule has 0 aliphatic carbocycles. The van der Waals surface area contributed by atoms with E-state index in [1.807, 2.05) is 62.4 Å². The standard InChI is InChI=1S/C31H33N5O4/c1-19(2)13-14-26(34(3)28(37)24-15-21-23(33-24)10-8-12-27(21)40-5)29(38)36-18-31(16-20(36)17-32)22-9-6-7-11-25(22)35(4)30(31)39/h6-15,19-20,26,33H,16,18H2,1-5H3/b14-13-/t20-,26-,31-/m0/s1. The minimum atomic E-state index is -0.996. The van der Waals surface area contributed by atoms with Crippen LogP contribution in [0.25, 0.3) is 10.9 Å². The molecule has 3 aromatic rings. The third-order valence-electron chi connectivity index (χ3n) is 8.03. The number of methoxy groups -OCH3 is 1. The van der Waals surface area contributed by atoms with Crippen molar-refractivity contribution >= 4 is 34.3 Å². The zero-order chi connectivity index (χ0) is 28.8. The second-order valence-corrected chi connectivity index (χ2v) is 10.9. The maximum absolute atomic E-state index is 14.2. The fourth-order valence-electron chi connectivity index (χ4n) is 5.93. The molecule has 1 aromatic heterocycles. The van der Waals surface area contributed by atoms with E-state index in [0.717, 1.165) is 22.2 Å². The van der Waals surface area contributed by atoms with Gasteiger partial charge in [0.25, 0.3) is 11.8 Å². The second-order valence-electron chi connectivity index (χ2n) is 10.9. The average molecular weight is 540 g/mol. The summed E-state index contributed by atoms with van der Waals surface area (Å²) >= 11 is 0. The van der Waals surface area contributed by atoms with E-state index in [9.17, 15) is 19.6 Å². The molecule has 3 atom stereocenters. The van der Waals surface area contributed by atoms with Crippen molar-refractivity contribution in [2.24, 2.45) is 5.92 Å². The fraction of sp³-hybridized carbons (Fsp3) is 0.355. The first-order valence-corrected chi connectivity index (χ1v) is 13.3. The summed E-state index contributed by atoms with van der Waals surface area (Å²) < 4.78 is 5.43. The Hall–Kier alpha value is -4.58. The van der Waals surface area contributed by atoms with Crippen molar-refractivity contribution in [3.8, 4) is 11.8 Å². The van der Waals surface area contributed by atoms with Gasteiger partial charge in [0.15, 0.2) is 0 Å². The highest BCUT2D eigenvalue weighted by Crippen LogP contribution is 2.48. The molecule has 2 aromatic carbocycles. The van der Waals surface area contributed by atoms with Crippen molar-refractivity contribution in [1.29, 1.82) is 5.26 Å². The minimum Gasteiger partial charge on any atom is -0.496 e. The van der Waals surface area contributed by atoms with Gasteiger partial charge in [-0.25, -0.2) is 0 Å². The molecule has 5 rings (SSSR count). The second kappa shape index (κ2) is 10.2. The number of allylic oxidation sites excluding steroid dienone is 1. The van der Waals surface area contributed by atoms with E-state index in [4.69, 9.17) is 4.74 Å². The van der Waals surface area contributed by atoms with Crippen molar-refractivity contribution in [2.45, 2.75) is 37.8 Å². The largest absolute Gasteiger partial charge is 0.496 e. The summed E-state index contributed by atoms with van der Waals surface area (Å²) in [6, 6.07) is 15.2. The molecule has 3 amide bonds. The van der Waals surface area contributed by atoms with E-state index in [0.29, 0.717) is 11.4 Å². The molecule has 2 aliphatic rings. The molecule has 0 bridgehead atoms. The van der Waals surface area contributed by atoms with E-state index < -0.39 is 23.4 Å². The first-order chi connectivity index (χ1) is 19.1. The number of para-hydroxylation sites is 1. The van der Waals surface area contributed by atoms with Crippen molar-refractivity contribution in [2.75, 3.05) is 32.6 Å². The summed E-state index contributed by atoms with van der Waals surface area (Å²) in [5, 5.41) is 10.9. The normalized spacial score (nSPS) is 20.9. The highest BCUT2D eigenvalue weighted by molar-refractivity contribution is 6.09. The molecular weight excluding hydrogens is 506 g/mol. The van der Waals surface area contributed by atoms with Crippen molar-refractivity contribution in [1.82, 2.24) is 14.8 Å². The number of ether oxygens (including phenoxy) is 1. The van der Waals surface area contributed by atoms with Crippen LogP contribution in [0.3, 0.4) is 0 Å². The Labute approximate surface area is 233 Å². The van der Waals surface area contributed by atoms with Crippen LogP contribution in [0.5, 0.6) is 5.75 Å². The number of H-pyrrole nitrogens is 1. The zero-order valence-corrected chi connectivity index (χ0v) is 23.3. The highest BCUT2D eigenvalue weighted by atomic mass is 16.5. The molecule has 40 heavy (non-hydrogen) atoms.